The molecule has 1 N–H and O–H groups in total. The van der Waals surface area contributed by atoms with Gasteiger partial charge in [0.1, 0.15) is 10.8 Å². The molecule has 0 aliphatic heterocycles. The lowest BCUT2D eigenvalue weighted by Gasteiger charge is -2.07. The zero-order valence-corrected chi connectivity index (χ0v) is 11.7. The molecule has 1 rings (SSSR count). The average Bonchev–Trinajstić information content (AvgIpc) is 2.41. The van der Waals surface area contributed by atoms with E-state index < -0.39 is 4.92 Å². The molecule has 0 bridgehead atoms. The van der Waals surface area contributed by atoms with Crippen molar-refractivity contribution in [3.8, 4) is 5.75 Å². The van der Waals surface area contributed by atoms with Crippen molar-refractivity contribution in [2.75, 3.05) is 26.9 Å². The van der Waals surface area contributed by atoms with Crippen LogP contribution in [0.4, 0.5) is 5.69 Å². The number of amides is 1. The number of ether oxygens (including phenoxy) is 2. The van der Waals surface area contributed by atoms with Gasteiger partial charge in [-0.25, -0.2) is 0 Å². The Labute approximate surface area is 121 Å². The van der Waals surface area contributed by atoms with Crippen LogP contribution in [0.3, 0.4) is 0 Å². The number of halogens is 1. The summed E-state index contributed by atoms with van der Waals surface area (Å²) >= 11 is 5.72. The summed E-state index contributed by atoms with van der Waals surface area (Å²) in [5.74, 6) is 0.0169. The van der Waals surface area contributed by atoms with Gasteiger partial charge in [0.25, 0.3) is 11.6 Å². The van der Waals surface area contributed by atoms with E-state index in [0.29, 0.717) is 25.3 Å². The Morgan fingerprint density at radius 1 is 1.50 bits per heavy atom. The van der Waals surface area contributed by atoms with Gasteiger partial charge in [-0.15, -0.1) is 0 Å². The Balaban J connectivity index is 2.40. The topological polar surface area (TPSA) is 90.7 Å². The van der Waals surface area contributed by atoms with Crippen LogP contribution < -0.4 is 10.1 Å². The van der Waals surface area contributed by atoms with Gasteiger partial charge < -0.3 is 14.8 Å². The predicted octanol–water partition coefficient (Wildman–Crippen LogP) is 1.78. The number of hydrogen-bond donors (Lipinski definition) is 1. The summed E-state index contributed by atoms with van der Waals surface area (Å²) in [6.45, 7) is 0.886. The van der Waals surface area contributed by atoms with Gasteiger partial charge in [-0.05, 0) is 12.5 Å². The third kappa shape index (κ3) is 5.41. The average molecular weight is 303 g/mol. The lowest BCUT2D eigenvalue weighted by Crippen LogP contribution is -2.30. The first-order valence-electron chi connectivity index (χ1n) is 5.87. The maximum Gasteiger partial charge on any atom is 0.288 e. The number of nitrogens with zero attached hydrogens (tertiary/aromatic N) is 1. The summed E-state index contributed by atoms with van der Waals surface area (Å²) in [5.41, 5.74) is -0.206. The number of nitrogens with one attached hydrogen (secondary N) is 1. The lowest BCUT2D eigenvalue weighted by molar-refractivity contribution is -0.384. The Bertz CT molecular complexity index is 481. The predicted molar refractivity (Wildman–Crippen MR) is 73.1 cm³/mol. The number of nitro groups is 1. The van der Waals surface area contributed by atoms with Crippen molar-refractivity contribution >= 4 is 23.2 Å². The van der Waals surface area contributed by atoms with Crippen LogP contribution >= 0.6 is 11.6 Å². The van der Waals surface area contributed by atoms with E-state index >= 15 is 0 Å². The number of hydrogen-bond acceptors (Lipinski definition) is 5. The maximum absolute atomic E-state index is 11.4. The second-order valence-electron chi connectivity index (χ2n) is 3.86. The first-order chi connectivity index (χ1) is 9.54. The SMILES string of the molecule is COCCCNC(=O)COc1ccc([N+](=O)[O-])c(Cl)c1. The normalized spacial score (nSPS) is 10.1. The summed E-state index contributed by atoms with van der Waals surface area (Å²) in [4.78, 5) is 21.4. The molecule has 0 aliphatic rings. The van der Waals surface area contributed by atoms with Crippen LogP contribution in [-0.2, 0) is 9.53 Å². The highest BCUT2D eigenvalue weighted by Gasteiger charge is 2.13. The second-order valence-corrected chi connectivity index (χ2v) is 4.26. The largest absolute Gasteiger partial charge is 0.484 e. The molecule has 0 radical (unpaired) electrons. The zero-order chi connectivity index (χ0) is 15.0. The van der Waals surface area contributed by atoms with Crippen molar-refractivity contribution in [3.63, 3.8) is 0 Å². The highest BCUT2D eigenvalue weighted by atomic mass is 35.5. The van der Waals surface area contributed by atoms with Crippen molar-refractivity contribution in [2.24, 2.45) is 0 Å². The second kappa shape index (κ2) is 8.34. The Hall–Kier alpha value is -1.86. The number of benzene rings is 1. The molecular formula is C12H15ClN2O5. The summed E-state index contributed by atoms with van der Waals surface area (Å²) in [6.07, 6.45) is 0.714. The first kappa shape index (κ1) is 16.2. The number of rotatable bonds is 8. The Kier molecular flexibility index (Phi) is 6.75. The molecule has 1 amide bonds. The van der Waals surface area contributed by atoms with Gasteiger partial charge in [-0.1, -0.05) is 11.6 Å². The van der Waals surface area contributed by atoms with Gasteiger partial charge >= 0.3 is 0 Å². The summed E-state index contributed by atoms with van der Waals surface area (Å²) < 4.78 is 10.0. The fraction of sp³-hybridized carbons (Fsp3) is 0.417. The van der Waals surface area contributed by atoms with E-state index in [2.05, 4.69) is 5.32 Å². The molecule has 110 valence electrons. The minimum Gasteiger partial charge on any atom is -0.484 e. The molecule has 0 aliphatic carbocycles. The molecule has 0 saturated carbocycles. The molecule has 1 aromatic rings. The third-order valence-electron chi connectivity index (χ3n) is 2.33. The van der Waals surface area contributed by atoms with Crippen molar-refractivity contribution < 1.29 is 19.2 Å². The summed E-state index contributed by atoms with van der Waals surface area (Å²) in [7, 11) is 1.59. The molecule has 0 atom stereocenters. The molecule has 1 aromatic carbocycles. The van der Waals surface area contributed by atoms with Crippen LogP contribution in [0.15, 0.2) is 18.2 Å². The molecule has 0 fully saturated rings. The zero-order valence-electron chi connectivity index (χ0n) is 10.9. The van der Waals surface area contributed by atoms with E-state index in [9.17, 15) is 14.9 Å². The van der Waals surface area contributed by atoms with Gasteiger partial charge in [-0.2, -0.15) is 0 Å². The van der Waals surface area contributed by atoms with Crippen LogP contribution in [0.2, 0.25) is 5.02 Å². The van der Waals surface area contributed by atoms with Crippen LogP contribution in [0.1, 0.15) is 6.42 Å². The summed E-state index contributed by atoms with van der Waals surface area (Å²) in [5, 5.41) is 13.2. The van der Waals surface area contributed by atoms with Gasteiger partial charge in [-0.3, -0.25) is 14.9 Å². The Morgan fingerprint density at radius 2 is 2.25 bits per heavy atom. The molecule has 0 heterocycles. The van der Waals surface area contributed by atoms with Gasteiger partial charge in [0, 0.05) is 32.4 Å². The highest BCUT2D eigenvalue weighted by Crippen LogP contribution is 2.28. The van der Waals surface area contributed by atoms with Crippen molar-refractivity contribution in [1.29, 1.82) is 0 Å². The van der Waals surface area contributed by atoms with E-state index in [4.69, 9.17) is 21.1 Å². The van der Waals surface area contributed by atoms with Crippen LogP contribution in [0.5, 0.6) is 5.75 Å². The molecule has 8 heteroatoms. The van der Waals surface area contributed by atoms with Crippen LogP contribution in [0, 0.1) is 10.1 Å². The fourth-order valence-corrected chi connectivity index (χ4v) is 1.61. The standard InChI is InChI=1S/C12H15ClN2O5/c1-19-6-2-5-14-12(16)8-20-9-3-4-11(15(17)18)10(13)7-9/h3-4,7H,2,5-6,8H2,1H3,(H,14,16). The van der Waals surface area contributed by atoms with Crippen molar-refractivity contribution in [1.82, 2.24) is 5.32 Å². The first-order valence-corrected chi connectivity index (χ1v) is 6.24. The van der Waals surface area contributed by atoms with Gasteiger partial charge in [0.2, 0.25) is 0 Å². The number of carbonyl (C=O) groups excluding carboxylic acids is 1. The van der Waals surface area contributed by atoms with Crippen molar-refractivity contribution in [2.45, 2.75) is 6.42 Å². The molecule has 7 nitrogen and oxygen atoms in total. The van der Waals surface area contributed by atoms with E-state index in [-0.39, 0.29) is 23.2 Å². The van der Waals surface area contributed by atoms with E-state index in [1.165, 1.54) is 18.2 Å². The summed E-state index contributed by atoms with van der Waals surface area (Å²) in [6, 6.07) is 3.92. The van der Waals surface area contributed by atoms with Crippen molar-refractivity contribution in [3.05, 3.63) is 33.3 Å². The number of methoxy groups -OCH3 is 1. The van der Waals surface area contributed by atoms with E-state index in [0.717, 1.165) is 0 Å². The molecular weight excluding hydrogens is 288 g/mol. The van der Waals surface area contributed by atoms with Gasteiger partial charge in [0.05, 0.1) is 4.92 Å². The monoisotopic (exact) mass is 302 g/mol. The lowest BCUT2D eigenvalue weighted by atomic mass is 10.3. The molecule has 20 heavy (non-hydrogen) atoms. The smallest absolute Gasteiger partial charge is 0.288 e. The van der Waals surface area contributed by atoms with Crippen LogP contribution in [-0.4, -0.2) is 37.7 Å². The molecule has 0 saturated heterocycles. The third-order valence-corrected chi connectivity index (χ3v) is 2.64. The quantitative estimate of drug-likeness (QED) is 0.449. The minimum atomic E-state index is -0.589. The van der Waals surface area contributed by atoms with Crippen LogP contribution in [0.25, 0.3) is 0 Å². The van der Waals surface area contributed by atoms with Gasteiger partial charge in [0.15, 0.2) is 6.61 Å². The van der Waals surface area contributed by atoms with E-state index in [1.54, 1.807) is 7.11 Å². The molecule has 0 unspecified atom stereocenters. The highest BCUT2D eigenvalue weighted by molar-refractivity contribution is 6.32. The molecule has 0 aromatic heterocycles. The number of carbonyl (C=O) groups is 1. The minimum absolute atomic E-state index is 0.0343. The Morgan fingerprint density at radius 3 is 2.85 bits per heavy atom. The van der Waals surface area contributed by atoms with E-state index in [1.807, 2.05) is 0 Å². The maximum atomic E-state index is 11.4. The number of nitro benzene ring substituents is 1. The fourth-order valence-electron chi connectivity index (χ4n) is 1.37. The molecule has 0 spiro atoms.